The smallest absolute Gasteiger partial charge is 0.239 e. The molecule has 4 rings (SSSR count). The lowest BCUT2D eigenvalue weighted by Crippen LogP contribution is -2.50. The minimum atomic E-state index is -0.763. The number of rotatable bonds is 4. The zero-order valence-corrected chi connectivity index (χ0v) is 20.9. The molecule has 0 aromatic heterocycles. The van der Waals surface area contributed by atoms with E-state index in [9.17, 15) is 9.59 Å². The number of amides is 2. The van der Waals surface area contributed by atoms with Crippen LogP contribution in [0, 0.1) is 17.3 Å². The van der Waals surface area contributed by atoms with E-state index in [1.165, 1.54) is 32.1 Å². The maximum absolute atomic E-state index is 13.9. The fourth-order valence-corrected chi connectivity index (χ4v) is 6.66. The molecule has 2 heterocycles. The number of carbonyl (C=O) groups is 2. The van der Waals surface area contributed by atoms with Gasteiger partial charge >= 0.3 is 0 Å². The highest BCUT2D eigenvalue weighted by atomic mass is 35.5. The highest BCUT2D eigenvalue weighted by Crippen LogP contribution is 2.55. The molecule has 2 aliphatic heterocycles. The van der Waals surface area contributed by atoms with Crippen molar-refractivity contribution in [3.63, 3.8) is 0 Å². The van der Waals surface area contributed by atoms with Crippen LogP contribution >= 0.6 is 11.6 Å². The van der Waals surface area contributed by atoms with Gasteiger partial charge in [-0.15, -0.1) is 0 Å². The van der Waals surface area contributed by atoms with Gasteiger partial charge in [-0.25, -0.2) is 0 Å². The maximum atomic E-state index is 13.9. The number of nitrogens with zero attached hydrogens (tertiary/aromatic N) is 1. The molecular weight excluding hydrogens is 422 g/mol. The second-order valence-corrected chi connectivity index (χ2v) is 12.0. The van der Waals surface area contributed by atoms with E-state index in [1.54, 1.807) is 4.90 Å². The molecule has 0 radical (unpaired) electrons. The van der Waals surface area contributed by atoms with Crippen LogP contribution in [-0.4, -0.2) is 42.9 Å². The predicted molar refractivity (Wildman–Crippen MR) is 130 cm³/mol. The lowest BCUT2D eigenvalue weighted by molar-refractivity contribution is -0.132. The highest BCUT2D eigenvalue weighted by Gasteiger charge is 2.65. The highest BCUT2D eigenvalue weighted by molar-refractivity contribution is 6.31. The first-order valence-electron chi connectivity index (χ1n) is 12.1. The summed E-state index contributed by atoms with van der Waals surface area (Å²) in [6.07, 6.45) is 7.86. The van der Waals surface area contributed by atoms with Gasteiger partial charge in [-0.2, -0.15) is 0 Å². The van der Waals surface area contributed by atoms with Gasteiger partial charge in [0, 0.05) is 36.8 Å². The summed E-state index contributed by atoms with van der Waals surface area (Å²) >= 11 is 6.29. The van der Waals surface area contributed by atoms with Crippen molar-refractivity contribution in [3.8, 4) is 0 Å². The zero-order chi connectivity index (χ0) is 23.3. The minimum absolute atomic E-state index is 0.00552. The fraction of sp³-hybridized carbons (Fsp3) is 0.692. The third kappa shape index (κ3) is 4.07. The Labute approximate surface area is 197 Å². The van der Waals surface area contributed by atoms with Crippen LogP contribution in [0.2, 0.25) is 5.02 Å². The molecule has 5 nitrogen and oxygen atoms in total. The first kappa shape index (κ1) is 23.6. The Balaban J connectivity index is 1.86. The van der Waals surface area contributed by atoms with Crippen LogP contribution in [-0.2, 0) is 15.0 Å². The number of nitrogens with one attached hydrogen (secondary N) is 2. The standard InChI is InChI=1S/C26H38ClN3O2/c1-25(2,3)15-21-26(18-12-11-17(27)14-20(18)28-24(26)32)19(13-16-9-7-6-8-10-16)22(29-21)23(31)30(4)5/h11-12,14,16,19,21-22,29H,6-10,13,15H2,1-5H3,(H,28,32). The van der Waals surface area contributed by atoms with Gasteiger partial charge in [0.25, 0.3) is 0 Å². The van der Waals surface area contributed by atoms with E-state index in [0.29, 0.717) is 10.9 Å². The lowest BCUT2D eigenvalue weighted by Gasteiger charge is -2.39. The summed E-state index contributed by atoms with van der Waals surface area (Å²) in [5, 5.41) is 7.47. The fourth-order valence-electron chi connectivity index (χ4n) is 6.49. The maximum Gasteiger partial charge on any atom is 0.239 e. The number of hydrogen-bond donors (Lipinski definition) is 2. The van der Waals surface area contributed by atoms with E-state index in [4.69, 9.17) is 11.6 Å². The predicted octanol–water partition coefficient (Wildman–Crippen LogP) is 4.98. The molecule has 4 atom stereocenters. The number of benzene rings is 1. The Morgan fingerprint density at radius 2 is 1.88 bits per heavy atom. The van der Waals surface area contributed by atoms with Crippen LogP contribution in [0.3, 0.4) is 0 Å². The number of anilines is 1. The summed E-state index contributed by atoms with van der Waals surface area (Å²) in [5.74, 6) is 0.556. The molecule has 176 valence electrons. The molecule has 0 bridgehead atoms. The number of carbonyl (C=O) groups excluding carboxylic acids is 2. The molecule has 2 fully saturated rings. The molecule has 4 unspecified atom stereocenters. The lowest BCUT2D eigenvalue weighted by atomic mass is 9.61. The van der Waals surface area contributed by atoms with Crippen molar-refractivity contribution in [3.05, 3.63) is 28.8 Å². The van der Waals surface area contributed by atoms with E-state index in [0.717, 1.165) is 24.1 Å². The summed E-state index contributed by atoms with van der Waals surface area (Å²) in [6.45, 7) is 6.61. The van der Waals surface area contributed by atoms with Gasteiger partial charge in [-0.1, -0.05) is 70.5 Å². The summed E-state index contributed by atoms with van der Waals surface area (Å²) in [7, 11) is 3.63. The van der Waals surface area contributed by atoms with Crippen molar-refractivity contribution in [1.29, 1.82) is 0 Å². The molecule has 32 heavy (non-hydrogen) atoms. The quantitative estimate of drug-likeness (QED) is 0.667. The molecule has 1 aliphatic carbocycles. The van der Waals surface area contributed by atoms with Crippen molar-refractivity contribution >= 4 is 29.1 Å². The summed E-state index contributed by atoms with van der Waals surface area (Å²) in [4.78, 5) is 29.0. The molecule has 2 N–H and O–H groups in total. The van der Waals surface area contributed by atoms with Gasteiger partial charge in [-0.05, 0) is 41.9 Å². The number of halogens is 1. The molecule has 1 aromatic rings. The van der Waals surface area contributed by atoms with Gasteiger partial charge in [0.1, 0.15) is 0 Å². The van der Waals surface area contributed by atoms with Crippen molar-refractivity contribution in [1.82, 2.24) is 10.2 Å². The van der Waals surface area contributed by atoms with Crippen LogP contribution in [0.4, 0.5) is 5.69 Å². The van der Waals surface area contributed by atoms with Gasteiger partial charge in [0.2, 0.25) is 11.8 Å². The average molecular weight is 460 g/mol. The van der Waals surface area contributed by atoms with Crippen LogP contribution in [0.1, 0.15) is 71.3 Å². The second kappa shape index (κ2) is 8.64. The Morgan fingerprint density at radius 1 is 1.19 bits per heavy atom. The minimum Gasteiger partial charge on any atom is -0.347 e. The summed E-state index contributed by atoms with van der Waals surface area (Å²) in [5.41, 5.74) is 1.05. The van der Waals surface area contributed by atoms with Crippen LogP contribution in [0.15, 0.2) is 18.2 Å². The van der Waals surface area contributed by atoms with Crippen molar-refractivity contribution in [2.45, 2.75) is 83.2 Å². The molecule has 1 spiro atoms. The Bertz CT molecular complexity index is 888. The SMILES string of the molecule is CN(C)C(=O)C1NC(CC(C)(C)C)C2(C(=O)Nc3cc(Cl)ccc32)C1CC1CCCCC1. The third-order valence-corrected chi connectivity index (χ3v) is 8.04. The first-order valence-corrected chi connectivity index (χ1v) is 12.5. The second-order valence-electron chi connectivity index (χ2n) is 11.6. The van der Waals surface area contributed by atoms with E-state index >= 15 is 0 Å². The van der Waals surface area contributed by atoms with E-state index in [-0.39, 0.29) is 35.2 Å². The van der Waals surface area contributed by atoms with Gasteiger partial charge in [-0.3, -0.25) is 9.59 Å². The number of hydrogen-bond acceptors (Lipinski definition) is 3. The van der Waals surface area contributed by atoms with Crippen molar-refractivity contribution in [2.75, 3.05) is 19.4 Å². The molecular formula is C26H38ClN3O2. The first-order chi connectivity index (χ1) is 15.0. The number of likely N-dealkylation sites (N-methyl/N-ethyl adjacent to an activating group) is 1. The van der Waals surface area contributed by atoms with Crippen LogP contribution in [0.25, 0.3) is 0 Å². The summed E-state index contributed by atoms with van der Waals surface area (Å²) in [6, 6.07) is 5.27. The molecule has 1 saturated carbocycles. The summed E-state index contributed by atoms with van der Waals surface area (Å²) < 4.78 is 0. The van der Waals surface area contributed by atoms with Gasteiger partial charge in [0.15, 0.2) is 0 Å². The number of fused-ring (bicyclic) bond motifs is 2. The molecule has 6 heteroatoms. The van der Waals surface area contributed by atoms with Crippen LogP contribution in [0.5, 0.6) is 0 Å². The normalized spacial score (nSPS) is 30.4. The largest absolute Gasteiger partial charge is 0.347 e. The molecule has 1 saturated heterocycles. The van der Waals surface area contributed by atoms with E-state index < -0.39 is 5.41 Å². The monoisotopic (exact) mass is 459 g/mol. The van der Waals surface area contributed by atoms with E-state index in [1.807, 2.05) is 32.3 Å². The van der Waals surface area contributed by atoms with E-state index in [2.05, 4.69) is 31.4 Å². The molecule has 1 aromatic carbocycles. The Kier molecular flexibility index (Phi) is 6.36. The topological polar surface area (TPSA) is 61.4 Å². The Morgan fingerprint density at radius 3 is 2.50 bits per heavy atom. The molecule has 2 amide bonds. The Hall–Kier alpha value is -1.59. The van der Waals surface area contributed by atoms with Crippen LogP contribution < -0.4 is 10.6 Å². The van der Waals surface area contributed by atoms with Crippen molar-refractivity contribution < 1.29 is 9.59 Å². The zero-order valence-electron chi connectivity index (χ0n) is 20.1. The van der Waals surface area contributed by atoms with Gasteiger partial charge < -0.3 is 15.5 Å². The average Bonchev–Trinajstić information content (AvgIpc) is 3.16. The van der Waals surface area contributed by atoms with Crippen molar-refractivity contribution in [2.24, 2.45) is 17.3 Å². The van der Waals surface area contributed by atoms with Gasteiger partial charge in [0.05, 0.1) is 11.5 Å². The third-order valence-electron chi connectivity index (χ3n) is 7.80. The molecule has 3 aliphatic rings.